The number of ether oxygens (including phenoxy) is 5. The molecule has 0 spiro atoms. The molecule has 33 heavy (non-hydrogen) atoms. The lowest BCUT2D eigenvalue weighted by atomic mass is 10.1. The molecular formula is C26H24O7. The van der Waals surface area contributed by atoms with Gasteiger partial charge in [-0.05, 0) is 23.8 Å². The van der Waals surface area contributed by atoms with Gasteiger partial charge in [0.05, 0.1) is 28.4 Å². The van der Waals surface area contributed by atoms with Crippen LogP contribution in [0.3, 0.4) is 0 Å². The standard InChI is InChI=1S/C26H24O7/c1-28-19-11-10-17(12-21(19)29-2)20-13-18(27)24-22(33-20)14-23(30-3)25(31-4)26(24)32-15-16-8-6-5-7-9-16/h5-14H,15H2,1-4H3. The van der Waals surface area contributed by atoms with Crippen LogP contribution in [0.2, 0.25) is 0 Å². The molecule has 0 saturated heterocycles. The third-order valence-electron chi connectivity index (χ3n) is 5.21. The summed E-state index contributed by atoms with van der Waals surface area (Å²) in [4.78, 5) is 13.3. The molecule has 0 atom stereocenters. The Hall–Kier alpha value is -4.13. The van der Waals surface area contributed by atoms with E-state index in [-0.39, 0.29) is 23.2 Å². The summed E-state index contributed by atoms with van der Waals surface area (Å²) in [6.45, 7) is 0.246. The summed E-state index contributed by atoms with van der Waals surface area (Å²) in [5.41, 5.74) is 1.65. The summed E-state index contributed by atoms with van der Waals surface area (Å²) in [5, 5.41) is 0.271. The molecule has 170 valence electrons. The van der Waals surface area contributed by atoms with E-state index in [0.717, 1.165) is 5.56 Å². The molecule has 3 aromatic carbocycles. The molecule has 7 heteroatoms. The lowest BCUT2D eigenvalue weighted by Crippen LogP contribution is -2.07. The normalized spacial score (nSPS) is 10.7. The first-order chi connectivity index (χ1) is 16.1. The van der Waals surface area contributed by atoms with Gasteiger partial charge >= 0.3 is 0 Å². The second kappa shape index (κ2) is 9.56. The highest BCUT2D eigenvalue weighted by Gasteiger charge is 2.22. The van der Waals surface area contributed by atoms with Crippen LogP contribution in [0.5, 0.6) is 28.7 Å². The van der Waals surface area contributed by atoms with Gasteiger partial charge in [-0.25, -0.2) is 0 Å². The number of hydrogen-bond donors (Lipinski definition) is 0. The SMILES string of the molecule is COc1ccc(-c2cc(=O)c3c(OCc4ccccc4)c(OC)c(OC)cc3o2)cc1OC. The van der Waals surface area contributed by atoms with Crippen LogP contribution in [0.4, 0.5) is 0 Å². The van der Waals surface area contributed by atoms with Crippen molar-refractivity contribution >= 4 is 11.0 Å². The van der Waals surface area contributed by atoms with E-state index >= 15 is 0 Å². The molecule has 0 N–H and O–H groups in total. The molecule has 0 unspecified atom stereocenters. The molecule has 0 saturated carbocycles. The van der Waals surface area contributed by atoms with E-state index in [0.29, 0.717) is 39.9 Å². The van der Waals surface area contributed by atoms with Gasteiger partial charge in [0.1, 0.15) is 23.3 Å². The van der Waals surface area contributed by atoms with Crippen LogP contribution >= 0.6 is 0 Å². The Kier molecular flexibility index (Phi) is 6.40. The molecule has 0 aliphatic rings. The average molecular weight is 448 g/mol. The number of hydrogen-bond acceptors (Lipinski definition) is 7. The summed E-state index contributed by atoms with van der Waals surface area (Å²) >= 11 is 0. The topological polar surface area (TPSA) is 76.4 Å². The highest BCUT2D eigenvalue weighted by Crippen LogP contribution is 2.43. The predicted molar refractivity (Wildman–Crippen MR) is 125 cm³/mol. The van der Waals surface area contributed by atoms with Gasteiger partial charge in [-0.2, -0.15) is 0 Å². The van der Waals surface area contributed by atoms with Crippen molar-refractivity contribution < 1.29 is 28.1 Å². The van der Waals surface area contributed by atoms with Crippen molar-refractivity contribution in [1.82, 2.24) is 0 Å². The van der Waals surface area contributed by atoms with E-state index in [1.807, 2.05) is 30.3 Å². The van der Waals surface area contributed by atoms with Gasteiger partial charge in [0.2, 0.25) is 5.75 Å². The van der Waals surface area contributed by atoms with Crippen molar-refractivity contribution in [3.05, 3.63) is 76.5 Å². The minimum Gasteiger partial charge on any atom is -0.493 e. The first-order valence-corrected chi connectivity index (χ1v) is 10.2. The Balaban J connectivity index is 1.86. The van der Waals surface area contributed by atoms with Gasteiger partial charge in [-0.3, -0.25) is 4.79 Å². The third-order valence-corrected chi connectivity index (χ3v) is 5.21. The monoisotopic (exact) mass is 448 g/mol. The van der Waals surface area contributed by atoms with Gasteiger partial charge in [0.25, 0.3) is 0 Å². The summed E-state index contributed by atoms with van der Waals surface area (Å²) in [6, 6.07) is 18.0. The average Bonchev–Trinajstić information content (AvgIpc) is 2.86. The van der Waals surface area contributed by atoms with Crippen LogP contribution in [-0.4, -0.2) is 28.4 Å². The number of fused-ring (bicyclic) bond motifs is 1. The molecule has 0 amide bonds. The molecule has 1 heterocycles. The first-order valence-electron chi connectivity index (χ1n) is 10.2. The van der Waals surface area contributed by atoms with Gasteiger partial charge in [0.15, 0.2) is 28.4 Å². The molecule has 0 radical (unpaired) electrons. The maximum absolute atomic E-state index is 13.3. The van der Waals surface area contributed by atoms with E-state index in [1.54, 1.807) is 38.5 Å². The van der Waals surface area contributed by atoms with E-state index in [2.05, 4.69) is 0 Å². The van der Waals surface area contributed by atoms with Gasteiger partial charge in [-0.1, -0.05) is 30.3 Å². The summed E-state index contributed by atoms with van der Waals surface area (Å²) in [7, 11) is 6.12. The predicted octanol–water partition coefficient (Wildman–Crippen LogP) is 5.07. The van der Waals surface area contributed by atoms with Crippen molar-refractivity contribution in [2.75, 3.05) is 28.4 Å². The molecule has 4 aromatic rings. The minimum absolute atomic E-state index is 0.246. The van der Waals surface area contributed by atoms with Crippen LogP contribution in [0.25, 0.3) is 22.3 Å². The molecule has 0 aliphatic heterocycles. The molecule has 0 fully saturated rings. The Bertz CT molecular complexity index is 1330. The van der Waals surface area contributed by atoms with Gasteiger partial charge in [0, 0.05) is 17.7 Å². The third kappa shape index (κ3) is 4.30. The number of rotatable bonds is 8. The van der Waals surface area contributed by atoms with E-state index in [9.17, 15) is 4.79 Å². The van der Waals surface area contributed by atoms with Crippen molar-refractivity contribution in [1.29, 1.82) is 0 Å². The summed E-state index contributed by atoms with van der Waals surface area (Å²) < 4.78 is 33.9. The maximum atomic E-state index is 13.3. The van der Waals surface area contributed by atoms with Crippen molar-refractivity contribution in [3.8, 4) is 40.1 Å². The van der Waals surface area contributed by atoms with Crippen molar-refractivity contribution in [2.24, 2.45) is 0 Å². The highest BCUT2D eigenvalue weighted by atomic mass is 16.5. The fraction of sp³-hybridized carbons (Fsp3) is 0.192. The van der Waals surface area contributed by atoms with Crippen LogP contribution in [0, 0.1) is 0 Å². The smallest absolute Gasteiger partial charge is 0.204 e. The van der Waals surface area contributed by atoms with Gasteiger partial charge < -0.3 is 28.1 Å². The number of methoxy groups -OCH3 is 4. The fourth-order valence-corrected chi connectivity index (χ4v) is 3.59. The van der Waals surface area contributed by atoms with E-state index < -0.39 is 0 Å². The Morgan fingerprint density at radius 1 is 0.727 bits per heavy atom. The zero-order valence-electron chi connectivity index (χ0n) is 18.8. The van der Waals surface area contributed by atoms with Crippen molar-refractivity contribution in [3.63, 3.8) is 0 Å². The largest absolute Gasteiger partial charge is 0.493 e. The molecule has 4 rings (SSSR count). The molecule has 0 aliphatic carbocycles. The first kappa shape index (κ1) is 22.1. The summed E-state index contributed by atoms with van der Waals surface area (Å²) in [5.74, 6) is 2.45. The van der Waals surface area contributed by atoms with E-state index in [4.69, 9.17) is 28.1 Å². The Morgan fingerprint density at radius 2 is 1.45 bits per heavy atom. The van der Waals surface area contributed by atoms with Gasteiger partial charge in [-0.15, -0.1) is 0 Å². The molecular weight excluding hydrogens is 424 g/mol. The van der Waals surface area contributed by atoms with Crippen LogP contribution < -0.4 is 29.1 Å². The fourth-order valence-electron chi connectivity index (χ4n) is 3.59. The van der Waals surface area contributed by atoms with E-state index in [1.165, 1.54) is 20.3 Å². The zero-order valence-corrected chi connectivity index (χ0v) is 18.8. The molecule has 7 nitrogen and oxygen atoms in total. The second-order valence-corrected chi connectivity index (χ2v) is 7.13. The molecule has 0 bridgehead atoms. The minimum atomic E-state index is -0.273. The summed E-state index contributed by atoms with van der Waals surface area (Å²) in [6.07, 6.45) is 0. The zero-order chi connectivity index (χ0) is 23.4. The maximum Gasteiger partial charge on any atom is 0.204 e. The lowest BCUT2D eigenvalue weighted by molar-refractivity contribution is 0.278. The second-order valence-electron chi connectivity index (χ2n) is 7.13. The molecule has 1 aromatic heterocycles. The number of benzene rings is 3. The quantitative estimate of drug-likeness (QED) is 0.372. The lowest BCUT2D eigenvalue weighted by Gasteiger charge is -2.16. The Labute approximate surface area is 191 Å². The van der Waals surface area contributed by atoms with Crippen LogP contribution in [-0.2, 0) is 6.61 Å². The van der Waals surface area contributed by atoms with Crippen LogP contribution in [0.1, 0.15) is 5.56 Å². The van der Waals surface area contributed by atoms with Crippen molar-refractivity contribution in [2.45, 2.75) is 6.61 Å². The highest BCUT2D eigenvalue weighted by molar-refractivity contribution is 5.90. The van der Waals surface area contributed by atoms with Crippen LogP contribution in [0.15, 0.2) is 69.9 Å². The Morgan fingerprint density at radius 3 is 2.12 bits per heavy atom.